The molecule has 1 amide bonds. The monoisotopic (exact) mass is 220 g/mol. The molecule has 4 nitrogen and oxygen atoms in total. The summed E-state index contributed by atoms with van der Waals surface area (Å²) in [6, 6.07) is 1.74. The maximum atomic E-state index is 12.1. The Morgan fingerprint density at radius 1 is 1.31 bits per heavy atom. The number of furan rings is 1. The lowest BCUT2D eigenvalue weighted by atomic mass is 10.0. The van der Waals surface area contributed by atoms with Gasteiger partial charge >= 0.3 is 0 Å². The molecule has 16 heavy (non-hydrogen) atoms. The molecule has 3 heterocycles. The predicted octanol–water partition coefficient (Wildman–Crippen LogP) is 0.913. The van der Waals surface area contributed by atoms with Gasteiger partial charge in [0.05, 0.1) is 11.8 Å². The number of rotatable bonds is 1. The summed E-state index contributed by atoms with van der Waals surface area (Å²) in [6.07, 6.45) is 3.08. The molecule has 1 aromatic heterocycles. The van der Waals surface area contributed by atoms with E-state index in [1.807, 2.05) is 4.90 Å². The van der Waals surface area contributed by atoms with Crippen molar-refractivity contribution in [3.8, 4) is 0 Å². The lowest BCUT2D eigenvalue weighted by Gasteiger charge is -2.18. The van der Waals surface area contributed by atoms with Crippen LogP contribution in [0, 0.1) is 11.8 Å². The van der Waals surface area contributed by atoms with Crippen LogP contribution in [0.15, 0.2) is 23.0 Å². The molecule has 0 aliphatic carbocycles. The molecule has 0 bridgehead atoms. The minimum Gasteiger partial charge on any atom is -0.472 e. The third-order valence-corrected chi connectivity index (χ3v) is 3.72. The Bertz CT molecular complexity index is 374. The first kappa shape index (κ1) is 9.90. The van der Waals surface area contributed by atoms with Crippen LogP contribution in [0.5, 0.6) is 0 Å². The van der Waals surface area contributed by atoms with Gasteiger partial charge in [-0.3, -0.25) is 4.79 Å². The van der Waals surface area contributed by atoms with E-state index < -0.39 is 0 Å². The van der Waals surface area contributed by atoms with E-state index in [0.29, 0.717) is 17.4 Å². The average molecular weight is 220 g/mol. The first-order valence-corrected chi connectivity index (χ1v) is 5.74. The minimum absolute atomic E-state index is 0.116. The summed E-state index contributed by atoms with van der Waals surface area (Å²) >= 11 is 0. The van der Waals surface area contributed by atoms with Gasteiger partial charge in [0, 0.05) is 26.2 Å². The number of carbonyl (C=O) groups is 1. The number of hydrogen-bond acceptors (Lipinski definition) is 3. The van der Waals surface area contributed by atoms with E-state index in [9.17, 15) is 4.79 Å². The summed E-state index contributed by atoms with van der Waals surface area (Å²) in [4.78, 5) is 16.4. The molecule has 3 rings (SSSR count). The molecule has 2 aliphatic rings. The van der Waals surface area contributed by atoms with Crippen molar-refractivity contribution >= 4 is 5.91 Å². The van der Waals surface area contributed by atoms with Crippen LogP contribution in [0.3, 0.4) is 0 Å². The molecule has 2 atom stereocenters. The first-order valence-electron chi connectivity index (χ1n) is 5.74. The average Bonchev–Trinajstić information content (AvgIpc) is 2.89. The standard InChI is InChI=1S/C12H16N2O2/c1-13-4-10-6-14(7-11(10)5-13)12(15)9-2-3-16-8-9/h2-3,8,10-11H,4-7H2,1H3. The zero-order chi connectivity index (χ0) is 11.1. The van der Waals surface area contributed by atoms with Crippen molar-refractivity contribution in [3.05, 3.63) is 24.2 Å². The van der Waals surface area contributed by atoms with Crippen LogP contribution in [-0.2, 0) is 0 Å². The van der Waals surface area contributed by atoms with Crippen LogP contribution in [0.1, 0.15) is 10.4 Å². The second-order valence-electron chi connectivity index (χ2n) is 4.96. The van der Waals surface area contributed by atoms with Crippen molar-refractivity contribution in [2.75, 3.05) is 33.2 Å². The van der Waals surface area contributed by atoms with Gasteiger partial charge in [0.1, 0.15) is 6.26 Å². The Morgan fingerprint density at radius 2 is 2.00 bits per heavy atom. The van der Waals surface area contributed by atoms with Gasteiger partial charge in [-0.25, -0.2) is 0 Å². The van der Waals surface area contributed by atoms with Crippen LogP contribution in [0.25, 0.3) is 0 Å². The topological polar surface area (TPSA) is 36.7 Å². The molecule has 2 unspecified atom stereocenters. The van der Waals surface area contributed by atoms with E-state index in [1.54, 1.807) is 12.3 Å². The third-order valence-electron chi connectivity index (χ3n) is 3.72. The Kier molecular flexibility index (Phi) is 2.24. The fourth-order valence-corrected chi connectivity index (χ4v) is 2.96. The number of nitrogens with zero attached hydrogens (tertiary/aromatic N) is 2. The van der Waals surface area contributed by atoms with Crippen molar-refractivity contribution in [2.45, 2.75) is 0 Å². The highest BCUT2D eigenvalue weighted by Crippen LogP contribution is 2.30. The highest BCUT2D eigenvalue weighted by atomic mass is 16.3. The Balaban J connectivity index is 1.69. The van der Waals surface area contributed by atoms with Gasteiger partial charge in [0.2, 0.25) is 0 Å². The van der Waals surface area contributed by atoms with Crippen molar-refractivity contribution in [2.24, 2.45) is 11.8 Å². The number of amides is 1. The molecular weight excluding hydrogens is 204 g/mol. The molecule has 2 saturated heterocycles. The van der Waals surface area contributed by atoms with Gasteiger partial charge < -0.3 is 14.2 Å². The highest BCUT2D eigenvalue weighted by Gasteiger charge is 2.40. The Labute approximate surface area is 94.8 Å². The summed E-state index contributed by atoms with van der Waals surface area (Å²) in [6.45, 7) is 4.05. The van der Waals surface area contributed by atoms with Crippen molar-refractivity contribution < 1.29 is 9.21 Å². The maximum absolute atomic E-state index is 12.1. The van der Waals surface area contributed by atoms with E-state index in [0.717, 1.165) is 26.2 Å². The normalized spacial score (nSPS) is 29.7. The molecule has 0 radical (unpaired) electrons. The summed E-state index contributed by atoms with van der Waals surface area (Å²) in [5.74, 6) is 1.45. The van der Waals surface area contributed by atoms with Gasteiger partial charge in [0.25, 0.3) is 5.91 Å². The highest BCUT2D eigenvalue weighted by molar-refractivity contribution is 5.94. The van der Waals surface area contributed by atoms with Gasteiger partial charge in [-0.15, -0.1) is 0 Å². The van der Waals surface area contributed by atoms with E-state index in [-0.39, 0.29) is 5.91 Å². The molecule has 0 saturated carbocycles. The van der Waals surface area contributed by atoms with E-state index in [1.165, 1.54) is 6.26 Å². The second kappa shape index (κ2) is 3.63. The maximum Gasteiger partial charge on any atom is 0.257 e. The third kappa shape index (κ3) is 1.53. The molecule has 0 spiro atoms. The van der Waals surface area contributed by atoms with Crippen molar-refractivity contribution in [3.63, 3.8) is 0 Å². The zero-order valence-corrected chi connectivity index (χ0v) is 9.43. The smallest absolute Gasteiger partial charge is 0.257 e. The van der Waals surface area contributed by atoms with Crippen LogP contribution >= 0.6 is 0 Å². The van der Waals surface area contributed by atoms with Crippen LogP contribution < -0.4 is 0 Å². The summed E-state index contributed by atoms with van der Waals surface area (Å²) in [5.41, 5.74) is 0.674. The SMILES string of the molecule is CN1CC2CN(C(=O)c3ccoc3)CC2C1. The predicted molar refractivity (Wildman–Crippen MR) is 59.1 cm³/mol. The Hall–Kier alpha value is -1.29. The summed E-state index contributed by atoms with van der Waals surface area (Å²) in [5, 5.41) is 0. The fraction of sp³-hybridized carbons (Fsp3) is 0.583. The van der Waals surface area contributed by atoms with Crippen molar-refractivity contribution in [1.29, 1.82) is 0 Å². The molecule has 2 fully saturated rings. The first-order chi connectivity index (χ1) is 7.74. The number of fused-ring (bicyclic) bond motifs is 1. The molecule has 2 aliphatic heterocycles. The number of hydrogen-bond donors (Lipinski definition) is 0. The van der Waals surface area contributed by atoms with Crippen LogP contribution in [0.4, 0.5) is 0 Å². The molecule has 0 aromatic carbocycles. The molecular formula is C12H16N2O2. The summed E-state index contributed by atoms with van der Waals surface area (Å²) in [7, 11) is 2.15. The van der Waals surface area contributed by atoms with Crippen LogP contribution in [-0.4, -0.2) is 48.9 Å². The molecule has 0 N–H and O–H groups in total. The minimum atomic E-state index is 0.116. The second-order valence-corrected chi connectivity index (χ2v) is 4.96. The van der Waals surface area contributed by atoms with E-state index in [2.05, 4.69) is 11.9 Å². The lowest BCUT2D eigenvalue weighted by molar-refractivity contribution is 0.0775. The number of carbonyl (C=O) groups excluding carboxylic acids is 1. The molecule has 86 valence electrons. The lowest BCUT2D eigenvalue weighted by Crippen LogP contribution is -2.32. The van der Waals surface area contributed by atoms with Gasteiger partial charge in [-0.1, -0.05) is 0 Å². The summed E-state index contributed by atoms with van der Waals surface area (Å²) < 4.78 is 4.95. The Morgan fingerprint density at radius 3 is 2.56 bits per heavy atom. The van der Waals surface area contributed by atoms with Gasteiger partial charge in [-0.2, -0.15) is 0 Å². The van der Waals surface area contributed by atoms with Crippen molar-refractivity contribution in [1.82, 2.24) is 9.80 Å². The zero-order valence-electron chi connectivity index (χ0n) is 9.43. The quantitative estimate of drug-likeness (QED) is 0.706. The van der Waals surface area contributed by atoms with E-state index in [4.69, 9.17) is 4.42 Å². The number of likely N-dealkylation sites (tertiary alicyclic amines) is 2. The largest absolute Gasteiger partial charge is 0.472 e. The van der Waals surface area contributed by atoms with Gasteiger partial charge in [0.15, 0.2) is 0 Å². The van der Waals surface area contributed by atoms with Gasteiger partial charge in [-0.05, 0) is 24.9 Å². The molecule has 1 aromatic rings. The van der Waals surface area contributed by atoms with Crippen LogP contribution in [0.2, 0.25) is 0 Å². The fourth-order valence-electron chi connectivity index (χ4n) is 2.96. The van der Waals surface area contributed by atoms with E-state index >= 15 is 0 Å². The molecule has 4 heteroatoms.